The van der Waals surface area contributed by atoms with Crippen LogP contribution in [0.15, 0.2) is 40.1 Å². The van der Waals surface area contributed by atoms with E-state index in [9.17, 15) is 13.2 Å². The summed E-state index contributed by atoms with van der Waals surface area (Å²) in [5, 5.41) is 1.44. The lowest BCUT2D eigenvalue weighted by atomic mass is 10.0. The van der Waals surface area contributed by atoms with Crippen LogP contribution in [0.2, 0.25) is 0 Å². The van der Waals surface area contributed by atoms with E-state index in [0.717, 1.165) is 23.1 Å². The molecule has 1 saturated heterocycles. The smallest absolute Gasteiger partial charge is 0.243 e. The molecule has 2 aromatic carbocycles. The molecule has 0 aliphatic carbocycles. The molecule has 2 aliphatic heterocycles. The van der Waals surface area contributed by atoms with E-state index in [0.29, 0.717) is 34.9 Å². The quantitative estimate of drug-likeness (QED) is 0.834. The molecule has 23 heavy (non-hydrogen) atoms. The molecule has 0 amide bonds. The van der Waals surface area contributed by atoms with Gasteiger partial charge in [0.1, 0.15) is 0 Å². The maximum absolute atomic E-state index is 13.1. The lowest BCUT2D eigenvalue weighted by Gasteiger charge is -2.29. The molecule has 2 aliphatic rings. The maximum Gasteiger partial charge on any atom is 0.243 e. The van der Waals surface area contributed by atoms with Crippen LogP contribution in [0.5, 0.6) is 0 Å². The topological polar surface area (TPSA) is 54.5 Å². The van der Waals surface area contributed by atoms with E-state index in [1.807, 2.05) is 0 Å². The van der Waals surface area contributed by atoms with Gasteiger partial charge >= 0.3 is 0 Å². The van der Waals surface area contributed by atoms with Crippen molar-refractivity contribution in [2.45, 2.75) is 29.6 Å². The van der Waals surface area contributed by atoms with E-state index in [4.69, 9.17) is 0 Å². The van der Waals surface area contributed by atoms with Crippen LogP contribution in [0.25, 0.3) is 10.8 Å². The molecule has 0 bridgehead atoms. The Hall–Kier alpha value is -1.37. The zero-order chi connectivity index (χ0) is 16.2. The van der Waals surface area contributed by atoms with Crippen LogP contribution in [-0.4, -0.2) is 30.9 Å². The van der Waals surface area contributed by atoms with Crippen LogP contribution < -0.4 is 0 Å². The minimum atomic E-state index is -3.52. The molecule has 0 N–H and O–H groups in total. The summed E-state index contributed by atoms with van der Waals surface area (Å²) in [5.74, 6) is 0.572. The van der Waals surface area contributed by atoms with E-state index in [2.05, 4.69) is 6.92 Å². The zero-order valence-electron chi connectivity index (χ0n) is 12.8. The predicted octanol–water partition coefficient (Wildman–Crippen LogP) is 3.51. The second-order valence-electron chi connectivity index (χ2n) is 6.27. The van der Waals surface area contributed by atoms with Crippen molar-refractivity contribution in [2.75, 3.05) is 13.1 Å². The lowest BCUT2D eigenvalue weighted by molar-refractivity contribution is 0.109. The number of piperidine rings is 1. The number of thioether (sulfide) groups is 1. The van der Waals surface area contributed by atoms with Gasteiger partial charge in [0.05, 0.1) is 4.90 Å². The number of nitrogens with zero attached hydrogens (tertiary/aromatic N) is 1. The van der Waals surface area contributed by atoms with Gasteiger partial charge in [0.2, 0.25) is 15.1 Å². The summed E-state index contributed by atoms with van der Waals surface area (Å²) in [7, 11) is -3.52. The summed E-state index contributed by atoms with van der Waals surface area (Å²) in [4.78, 5) is 13.2. The van der Waals surface area contributed by atoms with Gasteiger partial charge in [-0.15, -0.1) is 0 Å². The maximum atomic E-state index is 13.1. The Labute approximate surface area is 139 Å². The molecule has 120 valence electrons. The molecule has 4 rings (SSSR count). The summed E-state index contributed by atoms with van der Waals surface area (Å²) in [6.45, 7) is 3.30. The van der Waals surface area contributed by atoms with Crippen LogP contribution in [0.3, 0.4) is 0 Å². The van der Waals surface area contributed by atoms with Gasteiger partial charge in [-0.1, -0.05) is 19.1 Å². The highest BCUT2D eigenvalue weighted by Crippen LogP contribution is 2.42. The number of hydrogen-bond acceptors (Lipinski definition) is 4. The molecule has 0 aromatic heterocycles. The summed E-state index contributed by atoms with van der Waals surface area (Å²) in [6, 6.07) is 8.76. The van der Waals surface area contributed by atoms with Crippen LogP contribution in [0.4, 0.5) is 0 Å². The Morgan fingerprint density at radius 3 is 2.61 bits per heavy atom. The van der Waals surface area contributed by atoms with Crippen molar-refractivity contribution in [1.29, 1.82) is 0 Å². The van der Waals surface area contributed by atoms with Crippen LogP contribution in [0.1, 0.15) is 30.1 Å². The van der Waals surface area contributed by atoms with Crippen molar-refractivity contribution in [3.63, 3.8) is 0 Å². The molecule has 2 aromatic rings. The zero-order valence-corrected chi connectivity index (χ0v) is 14.4. The van der Waals surface area contributed by atoms with Gasteiger partial charge in [0.25, 0.3) is 0 Å². The summed E-state index contributed by atoms with van der Waals surface area (Å²) in [6.07, 6.45) is 1.80. The van der Waals surface area contributed by atoms with Crippen molar-refractivity contribution >= 4 is 37.7 Å². The summed E-state index contributed by atoms with van der Waals surface area (Å²) < 4.78 is 27.7. The predicted molar refractivity (Wildman–Crippen MR) is 91.3 cm³/mol. The minimum absolute atomic E-state index is 0.00746. The standard InChI is InChI=1S/C17H17NO3S2/c1-11-7-9-18(10-8-11)23(20,21)15-6-5-14-16-12(15)3-2-4-13(16)17(19)22-14/h2-6,11H,7-10H2,1H3. The fourth-order valence-corrected chi connectivity index (χ4v) is 5.94. The Bertz CT molecular complexity index is 913. The van der Waals surface area contributed by atoms with Gasteiger partial charge in [-0.05, 0) is 48.7 Å². The Balaban J connectivity index is 1.87. The van der Waals surface area contributed by atoms with Crippen molar-refractivity contribution in [1.82, 2.24) is 4.31 Å². The third-order valence-electron chi connectivity index (χ3n) is 4.75. The van der Waals surface area contributed by atoms with E-state index >= 15 is 0 Å². The van der Waals surface area contributed by atoms with Crippen molar-refractivity contribution in [3.8, 4) is 0 Å². The van der Waals surface area contributed by atoms with Gasteiger partial charge in [-0.3, -0.25) is 4.79 Å². The molecular weight excluding hydrogens is 330 g/mol. The van der Waals surface area contributed by atoms with Crippen LogP contribution >= 0.6 is 11.8 Å². The second-order valence-corrected chi connectivity index (χ2v) is 9.19. The van der Waals surface area contributed by atoms with Gasteiger partial charge in [0, 0.05) is 34.3 Å². The number of hydrogen-bond donors (Lipinski definition) is 0. The highest BCUT2D eigenvalue weighted by Gasteiger charge is 2.32. The highest BCUT2D eigenvalue weighted by atomic mass is 32.2. The highest BCUT2D eigenvalue weighted by molar-refractivity contribution is 8.14. The van der Waals surface area contributed by atoms with E-state index in [1.54, 1.807) is 34.6 Å². The lowest BCUT2D eigenvalue weighted by Crippen LogP contribution is -2.37. The monoisotopic (exact) mass is 347 g/mol. The van der Waals surface area contributed by atoms with Gasteiger partial charge in [-0.25, -0.2) is 8.42 Å². The van der Waals surface area contributed by atoms with Crippen molar-refractivity contribution in [3.05, 3.63) is 35.9 Å². The average molecular weight is 347 g/mol. The molecule has 0 atom stereocenters. The molecular formula is C17H17NO3S2. The van der Waals surface area contributed by atoms with Crippen molar-refractivity contribution in [2.24, 2.45) is 5.92 Å². The van der Waals surface area contributed by atoms with Gasteiger partial charge in [-0.2, -0.15) is 4.31 Å². The average Bonchev–Trinajstić information content (AvgIpc) is 2.86. The first kappa shape index (κ1) is 15.2. The number of benzene rings is 2. The van der Waals surface area contributed by atoms with Gasteiger partial charge in [0.15, 0.2) is 0 Å². The first-order valence-electron chi connectivity index (χ1n) is 7.76. The Morgan fingerprint density at radius 2 is 1.87 bits per heavy atom. The molecule has 0 spiro atoms. The third kappa shape index (κ3) is 2.31. The first-order chi connectivity index (χ1) is 11.0. The number of sulfonamides is 1. The third-order valence-corrected chi connectivity index (χ3v) is 7.67. The largest absolute Gasteiger partial charge is 0.281 e. The number of rotatable bonds is 2. The molecule has 4 nitrogen and oxygen atoms in total. The number of carbonyl (C=O) groups is 1. The van der Waals surface area contributed by atoms with E-state index < -0.39 is 10.0 Å². The summed E-state index contributed by atoms with van der Waals surface area (Å²) in [5.41, 5.74) is 0.617. The Kier molecular flexibility index (Phi) is 3.51. The summed E-state index contributed by atoms with van der Waals surface area (Å²) >= 11 is 1.18. The molecule has 0 saturated carbocycles. The normalized spacial score (nSPS) is 19.6. The fourth-order valence-electron chi connectivity index (χ4n) is 3.35. The van der Waals surface area contributed by atoms with E-state index in [1.165, 1.54) is 11.8 Å². The second kappa shape index (κ2) is 5.33. The Morgan fingerprint density at radius 1 is 1.13 bits per heavy atom. The SMILES string of the molecule is CC1CCN(S(=O)(=O)c2ccc3c4c(cccc24)C(=O)S3)CC1. The molecule has 0 unspecified atom stereocenters. The molecule has 1 fully saturated rings. The van der Waals surface area contributed by atoms with E-state index in [-0.39, 0.29) is 5.12 Å². The first-order valence-corrected chi connectivity index (χ1v) is 10.0. The molecule has 2 heterocycles. The molecule has 0 radical (unpaired) electrons. The molecule has 6 heteroatoms. The van der Waals surface area contributed by atoms with Gasteiger partial charge < -0.3 is 0 Å². The van der Waals surface area contributed by atoms with Crippen LogP contribution in [0, 0.1) is 5.92 Å². The number of carbonyl (C=O) groups excluding carboxylic acids is 1. The minimum Gasteiger partial charge on any atom is -0.281 e. The van der Waals surface area contributed by atoms with Crippen molar-refractivity contribution < 1.29 is 13.2 Å². The fraction of sp³-hybridized carbons (Fsp3) is 0.353. The van der Waals surface area contributed by atoms with Crippen LogP contribution in [-0.2, 0) is 10.0 Å².